The number of nitrogens with zero attached hydrogens (tertiary/aromatic N) is 2. The van der Waals surface area contributed by atoms with Crippen molar-refractivity contribution in [1.29, 1.82) is 0 Å². The zero-order valence-electron chi connectivity index (χ0n) is 9.37. The molecular weight excluding hydrogens is 194 g/mol. The molecule has 0 aliphatic carbocycles. The van der Waals surface area contributed by atoms with Gasteiger partial charge in [-0.25, -0.2) is 4.98 Å². The molecule has 14 heavy (non-hydrogen) atoms. The molecular formula is C10H19N3S. The van der Waals surface area contributed by atoms with Gasteiger partial charge in [-0.2, -0.15) is 0 Å². The van der Waals surface area contributed by atoms with Gasteiger partial charge in [0, 0.05) is 24.5 Å². The largest absolute Gasteiger partial charge is 0.360 e. The van der Waals surface area contributed by atoms with Gasteiger partial charge in [0.2, 0.25) is 0 Å². The summed E-state index contributed by atoms with van der Waals surface area (Å²) in [4.78, 5) is 6.65. The Balaban J connectivity index is 2.22. The molecule has 0 aromatic carbocycles. The van der Waals surface area contributed by atoms with Gasteiger partial charge in [-0.3, -0.25) is 0 Å². The minimum atomic E-state index is 0.606. The average Bonchev–Trinajstić information content (AvgIpc) is 2.51. The summed E-state index contributed by atoms with van der Waals surface area (Å²) >= 11 is 1.67. The highest BCUT2D eigenvalue weighted by atomic mass is 32.1. The summed E-state index contributed by atoms with van der Waals surface area (Å²) in [5.74, 6) is 0. The Morgan fingerprint density at radius 3 is 2.79 bits per heavy atom. The number of thiazole rings is 1. The van der Waals surface area contributed by atoms with Crippen LogP contribution in [-0.4, -0.2) is 36.1 Å². The minimum Gasteiger partial charge on any atom is -0.360 e. The zero-order chi connectivity index (χ0) is 10.6. The van der Waals surface area contributed by atoms with Crippen LogP contribution >= 0.6 is 11.3 Å². The second-order valence-electron chi connectivity index (χ2n) is 3.80. The fraction of sp³-hybridized carbons (Fsp3) is 0.700. The lowest BCUT2D eigenvalue weighted by atomic mass is 10.3. The maximum absolute atomic E-state index is 4.34. The maximum atomic E-state index is 4.34. The fourth-order valence-electron chi connectivity index (χ4n) is 1.03. The smallest absolute Gasteiger partial charge is 0.182 e. The van der Waals surface area contributed by atoms with Gasteiger partial charge in [0.25, 0.3) is 0 Å². The van der Waals surface area contributed by atoms with E-state index >= 15 is 0 Å². The molecule has 0 atom stereocenters. The number of likely N-dealkylation sites (N-methyl/N-ethyl adjacent to an activating group) is 1. The van der Waals surface area contributed by atoms with Gasteiger partial charge < -0.3 is 10.2 Å². The molecule has 1 aromatic heterocycles. The zero-order valence-corrected chi connectivity index (χ0v) is 10.2. The van der Waals surface area contributed by atoms with Crippen molar-refractivity contribution in [2.24, 2.45) is 0 Å². The second kappa shape index (κ2) is 5.32. The molecule has 1 aromatic rings. The van der Waals surface area contributed by atoms with Gasteiger partial charge in [0.15, 0.2) is 5.13 Å². The Kier molecular flexibility index (Phi) is 4.35. The van der Waals surface area contributed by atoms with Gasteiger partial charge >= 0.3 is 0 Å². The van der Waals surface area contributed by atoms with Crippen LogP contribution in [0.5, 0.6) is 0 Å². The van der Waals surface area contributed by atoms with Crippen LogP contribution in [0.15, 0.2) is 5.38 Å². The van der Waals surface area contributed by atoms with Crippen molar-refractivity contribution < 1.29 is 0 Å². The molecule has 0 amide bonds. The van der Waals surface area contributed by atoms with E-state index in [0.29, 0.717) is 6.04 Å². The number of nitrogens with one attached hydrogen (secondary N) is 1. The van der Waals surface area contributed by atoms with Gasteiger partial charge in [0.1, 0.15) is 0 Å². The molecule has 80 valence electrons. The molecule has 1 rings (SSSR count). The predicted molar refractivity (Wildman–Crippen MR) is 63.1 cm³/mol. The summed E-state index contributed by atoms with van der Waals surface area (Å²) < 4.78 is 0. The van der Waals surface area contributed by atoms with Crippen LogP contribution in [0.1, 0.15) is 19.5 Å². The van der Waals surface area contributed by atoms with Crippen molar-refractivity contribution in [3.05, 3.63) is 11.1 Å². The van der Waals surface area contributed by atoms with Crippen molar-refractivity contribution >= 4 is 16.5 Å². The van der Waals surface area contributed by atoms with Crippen molar-refractivity contribution in [2.75, 3.05) is 25.5 Å². The summed E-state index contributed by atoms with van der Waals surface area (Å²) in [6.45, 7) is 8.43. The Morgan fingerprint density at radius 2 is 2.29 bits per heavy atom. The van der Waals surface area contributed by atoms with Crippen molar-refractivity contribution in [3.63, 3.8) is 0 Å². The van der Waals surface area contributed by atoms with Gasteiger partial charge in [-0.15, -0.1) is 11.3 Å². The molecule has 0 aliphatic heterocycles. The van der Waals surface area contributed by atoms with Crippen LogP contribution in [0.4, 0.5) is 5.13 Å². The van der Waals surface area contributed by atoms with E-state index < -0.39 is 0 Å². The van der Waals surface area contributed by atoms with Crippen molar-refractivity contribution in [1.82, 2.24) is 9.88 Å². The quantitative estimate of drug-likeness (QED) is 0.813. The lowest BCUT2D eigenvalue weighted by Crippen LogP contribution is -2.31. The number of hydrogen-bond donors (Lipinski definition) is 1. The van der Waals surface area contributed by atoms with E-state index in [0.717, 1.165) is 23.9 Å². The molecule has 0 fully saturated rings. The maximum Gasteiger partial charge on any atom is 0.182 e. The molecule has 1 heterocycles. The highest BCUT2D eigenvalue weighted by molar-refractivity contribution is 7.13. The third-order valence-electron chi connectivity index (χ3n) is 2.24. The molecule has 1 N–H and O–H groups in total. The summed E-state index contributed by atoms with van der Waals surface area (Å²) in [7, 11) is 2.14. The van der Waals surface area contributed by atoms with Gasteiger partial charge in [-0.1, -0.05) is 0 Å². The van der Waals surface area contributed by atoms with E-state index in [9.17, 15) is 0 Å². The van der Waals surface area contributed by atoms with Gasteiger partial charge in [-0.05, 0) is 27.8 Å². The standard InChI is InChI=1S/C10H19N3S/c1-8(2)13(4)6-5-11-10-12-9(3)7-14-10/h7-8H,5-6H2,1-4H3,(H,11,12). The van der Waals surface area contributed by atoms with Crippen LogP contribution in [0, 0.1) is 6.92 Å². The third kappa shape index (κ3) is 3.64. The lowest BCUT2D eigenvalue weighted by Gasteiger charge is -2.20. The normalized spacial score (nSPS) is 11.3. The van der Waals surface area contributed by atoms with E-state index in [1.165, 1.54) is 0 Å². The molecule has 0 saturated heterocycles. The fourth-order valence-corrected chi connectivity index (χ4v) is 1.75. The number of anilines is 1. The summed E-state index contributed by atoms with van der Waals surface area (Å²) in [5.41, 5.74) is 1.09. The number of aryl methyl sites for hydroxylation is 1. The molecule has 0 spiro atoms. The van der Waals surface area contributed by atoms with Crippen LogP contribution in [0.25, 0.3) is 0 Å². The Labute approximate surface area is 90.2 Å². The van der Waals surface area contributed by atoms with Crippen LogP contribution < -0.4 is 5.32 Å². The summed E-state index contributed by atoms with van der Waals surface area (Å²) in [6, 6.07) is 0.606. The van der Waals surface area contributed by atoms with Crippen molar-refractivity contribution in [2.45, 2.75) is 26.8 Å². The summed E-state index contributed by atoms with van der Waals surface area (Å²) in [6.07, 6.45) is 0. The van der Waals surface area contributed by atoms with E-state index in [2.05, 4.69) is 41.5 Å². The molecule has 0 saturated carbocycles. The first-order valence-corrected chi connectivity index (χ1v) is 5.84. The van der Waals surface area contributed by atoms with Crippen LogP contribution in [0.3, 0.4) is 0 Å². The topological polar surface area (TPSA) is 28.2 Å². The monoisotopic (exact) mass is 213 g/mol. The van der Waals surface area contributed by atoms with Crippen LogP contribution in [0.2, 0.25) is 0 Å². The molecule has 0 radical (unpaired) electrons. The van der Waals surface area contributed by atoms with Gasteiger partial charge in [0.05, 0.1) is 5.69 Å². The first-order valence-electron chi connectivity index (χ1n) is 4.96. The average molecular weight is 213 g/mol. The highest BCUT2D eigenvalue weighted by Gasteiger charge is 2.02. The third-order valence-corrected chi connectivity index (χ3v) is 3.16. The molecule has 0 bridgehead atoms. The Bertz CT molecular complexity index is 270. The lowest BCUT2D eigenvalue weighted by molar-refractivity contribution is 0.284. The molecule has 4 heteroatoms. The van der Waals surface area contributed by atoms with E-state index in [1.807, 2.05) is 6.92 Å². The Morgan fingerprint density at radius 1 is 1.57 bits per heavy atom. The van der Waals surface area contributed by atoms with Crippen molar-refractivity contribution in [3.8, 4) is 0 Å². The summed E-state index contributed by atoms with van der Waals surface area (Å²) in [5, 5.41) is 6.41. The minimum absolute atomic E-state index is 0.606. The molecule has 3 nitrogen and oxygen atoms in total. The highest BCUT2D eigenvalue weighted by Crippen LogP contribution is 2.13. The number of aromatic nitrogens is 1. The van der Waals surface area contributed by atoms with E-state index in [4.69, 9.17) is 0 Å². The first-order chi connectivity index (χ1) is 6.59. The SMILES string of the molecule is Cc1csc(NCCN(C)C(C)C)n1. The van der Waals surface area contributed by atoms with E-state index in [1.54, 1.807) is 11.3 Å². The van der Waals surface area contributed by atoms with Crippen LogP contribution in [-0.2, 0) is 0 Å². The number of rotatable bonds is 5. The first kappa shape index (κ1) is 11.5. The predicted octanol–water partition coefficient (Wildman–Crippen LogP) is 2.20. The molecule has 0 unspecified atom stereocenters. The molecule has 0 aliphatic rings. The number of hydrogen-bond acceptors (Lipinski definition) is 4. The second-order valence-corrected chi connectivity index (χ2v) is 4.65. The Hall–Kier alpha value is -0.610. The van der Waals surface area contributed by atoms with E-state index in [-0.39, 0.29) is 0 Å².